The van der Waals surface area contributed by atoms with Crippen LogP contribution in [-0.2, 0) is 9.05 Å². The molecule has 0 bridgehead atoms. The molecule has 0 saturated heterocycles. The maximum atomic E-state index is 10.7. The summed E-state index contributed by atoms with van der Waals surface area (Å²) in [5.41, 5.74) is 0.691. The maximum absolute atomic E-state index is 10.7. The lowest BCUT2D eigenvalue weighted by atomic mass is 10.2. The van der Waals surface area contributed by atoms with Gasteiger partial charge in [-0.3, -0.25) is 0 Å². The van der Waals surface area contributed by atoms with Gasteiger partial charge in [0.25, 0.3) is 9.05 Å². The molecule has 1 aromatic carbocycles. The number of rotatable bonds is 2. The Labute approximate surface area is 86.2 Å². The average molecular weight is 237 g/mol. The fraction of sp³-hybridized carbons (Fsp3) is 0. The van der Waals surface area contributed by atoms with Gasteiger partial charge in [-0.15, -0.1) is 0 Å². The normalized spacial score (nSPS) is 12.9. The SMILES string of the molecule is O=S(=O)(Cl)C(Cl)=Cc1ccccc1. The van der Waals surface area contributed by atoms with Gasteiger partial charge in [-0.25, -0.2) is 8.42 Å². The Morgan fingerprint density at radius 3 is 2.23 bits per heavy atom. The summed E-state index contributed by atoms with van der Waals surface area (Å²) in [4.78, 5) is 0. The molecule has 13 heavy (non-hydrogen) atoms. The van der Waals surface area contributed by atoms with Gasteiger partial charge in [0.1, 0.15) is 4.36 Å². The second-order valence-electron chi connectivity index (χ2n) is 2.30. The molecule has 0 aromatic heterocycles. The third-order valence-corrected chi connectivity index (χ3v) is 3.35. The van der Waals surface area contributed by atoms with E-state index in [1.807, 2.05) is 6.07 Å². The minimum atomic E-state index is -3.80. The molecule has 1 aromatic rings. The van der Waals surface area contributed by atoms with Crippen molar-refractivity contribution >= 4 is 37.4 Å². The van der Waals surface area contributed by atoms with Gasteiger partial charge in [0.2, 0.25) is 0 Å². The van der Waals surface area contributed by atoms with Gasteiger partial charge in [0, 0.05) is 10.7 Å². The highest BCUT2D eigenvalue weighted by Gasteiger charge is 2.10. The molecule has 0 spiro atoms. The van der Waals surface area contributed by atoms with E-state index in [4.69, 9.17) is 22.3 Å². The van der Waals surface area contributed by atoms with Crippen molar-refractivity contribution in [2.45, 2.75) is 0 Å². The molecule has 0 radical (unpaired) electrons. The molecule has 5 heteroatoms. The van der Waals surface area contributed by atoms with Crippen LogP contribution < -0.4 is 0 Å². The monoisotopic (exact) mass is 236 g/mol. The van der Waals surface area contributed by atoms with Crippen molar-refractivity contribution in [2.24, 2.45) is 0 Å². The third kappa shape index (κ3) is 3.38. The lowest BCUT2D eigenvalue weighted by Gasteiger charge is -1.93. The minimum Gasteiger partial charge on any atom is -0.206 e. The second kappa shape index (κ2) is 4.13. The fourth-order valence-electron chi connectivity index (χ4n) is 0.751. The van der Waals surface area contributed by atoms with Crippen LogP contribution in [0.1, 0.15) is 5.56 Å². The topological polar surface area (TPSA) is 34.1 Å². The Morgan fingerprint density at radius 1 is 1.23 bits per heavy atom. The first-order valence-corrected chi connectivity index (χ1v) is 6.06. The molecule has 0 amide bonds. The van der Waals surface area contributed by atoms with Crippen LogP contribution in [-0.4, -0.2) is 8.42 Å². The van der Waals surface area contributed by atoms with Gasteiger partial charge in [-0.1, -0.05) is 41.9 Å². The Hall–Kier alpha value is -0.510. The lowest BCUT2D eigenvalue weighted by molar-refractivity contribution is 0.616. The van der Waals surface area contributed by atoms with Crippen LogP contribution in [0.5, 0.6) is 0 Å². The first kappa shape index (κ1) is 10.6. The summed E-state index contributed by atoms with van der Waals surface area (Å²) >= 11 is 5.43. The molecule has 0 unspecified atom stereocenters. The Bertz CT molecular complexity index is 409. The largest absolute Gasteiger partial charge is 0.272 e. The van der Waals surface area contributed by atoms with E-state index in [0.29, 0.717) is 5.56 Å². The van der Waals surface area contributed by atoms with Crippen LogP contribution in [0.25, 0.3) is 6.08 Å². The average Bonchev–Trinajstić information content (AvgIpc) is 2.04. The van der Waals surface area contributed by atoms with Crippen LogP contribution in [0.15, 0.2) is 34.7 Å². The van der Waals surface area contributed by atoms with E-state index in [0.717, 1.165) is 0 Å². The molecule has 0 atom stereocenters. The van der Waals surface area contributed by atoms with Gasteiger partial charge in [0.05, 0.1) is 0 Å². The van der Waals surface area contributed by atoms with Gasteiger partial charge in [-0.2, -0.15) is 0 Å². The van der Waals surface area contributed by atoms with Crippen molar-refractivity contribution < 1.29 is 8.42 Å². The summed E-state index contributed by atoms with van der Waals surface area (Å²) in [6.45, 7) is 0. The van der Waals surface area contributed by atoms with E-state index in [1.54, 1.807) is 24.3 Å². The van der Waals surface area contributed by atoms with Gasteiger partial charge >= 0.3 is 0 Å². The van der Waals surface area contributed by atoms with Gasteiger partial charge in [0.15, 0.2) is 0 Å². The molecule has 0 saturated carbocycles. The number of benzene rings is 1. The summed E-state index contributed by atoms with van der Waals surface area (Å²) in [5.74, 6) is 0. The number of hydrogen-bond donors (Lipinski definition) is 0. The molecular weight excluding hydrogens is 231 g/mol. The van der Waals surface area contributed by atoms with E-state index in [2.05, 4.69) is 0 Å². The van der Waals surface area contributed by atoms with Crippen molar-refractivity contribution in [1.29, 1.82) is 0 Å². The maximum Gasteiger partial charge on any atom is 0.272 e. The molecule has 0 aliphatic carbocycles. The minimum absolute atomic E-state index is 0.375. The number of hydrogen-bond acceptors (Lipinski definition) is 2. The first-order chi connectivity index (χ1) is 6.00. The van der Waals surface area contributed by atoms with Crippen molar-refractivity contribution in [3.05, 3.63) is 40.3 Å². The molecule has 0 aliphatic rings. The van der Waals surface area contributed by atoms with E-state index < -0.39 is 9.05 Å². The molecule has 0 heterocycles. The Balaban J connectivity index is 3.04. The standard InChI is InChI=1S/C8H6Cl2O2S/c9-8(13(10,11)12)6-7-4-2-1-3-5-7/h1-6H. The number of halogens is 2. The van der Waals surface area contributed by atoms with Crippen LogP contribution in [0, 0.1) is 0 Å². The highest BCUT2D eigenvalue weighted by Crippen LogP contribution is 2.19. The van der Waals surface area contributed by atoms with E-state index in [1.165, 1.54) is 6.08 Å². The van der Waals surface area contributed by atoms with E-state index in [-0.39, 0.29) is 4.36 Å². The molecule has 0 N–H and O–H groups in total. The van der Waals surface area contributed by atoms with Gasteiger partial charge < -0.3 is 0 Å². The Kier molecular flexibility index (Phi) is 3.36. The van der Waals surface area contributed by atoms with Crippen LogP contribution in [0.3, 0.4) is 0 Å². The third-order valence-electron chi connectivity index (χ3n) is 1.31. The zero-order valence-electron chi connectivity index (χ0n) is 6.44. The predicted octanol–water partition coefficient (Wildman–Crippen LogP) is 2.79. The van der Waals surface area contributed by atoms with Gasteiger partial charge in [-0.05, 0) is 11.6 Å². The second-order valence-corrected chi connectivity index (χ2v) is 5.46. The van der Waals surface area contributed by atoms with Crippen molar-refractivity contribution in [2.75, 3.05) is 0 Å². The summed E-state index contributed by atoms with van der Waals surface area (Å²) in [7, 11) is 1.20. The van der Waals surface area contributed by atoms with Crippen LogP contribution in [0.4, 0.5) is 0 Å². The summed E-state index contributed by atoms with van der Waals surface area (Å²) in [5, 5.41) is 0. The van der Waals surface area contributed by atoms with E-state index in [9.17, 15) is 8.42 Å². The molecular formula is C8H6Cl2O2S. The summed E-state index contributed by atoms with van der Waals surface area (Å²) in [6.07, 6.45) is 1.30. The molecule has 0 fully saturated rings. The van der Waals surface area contributed by atoms with E-state index >= 15 is 0 Å². The molecule has 70 valence electrons. The lowest BCUT2D eigenvalue weighted by Crippen LogP contribution is -1.86. The zero-order valence-corrected chi connectivity index (χ0v) is 8.77. The predicted molar refractivity (Wildman–Crippen MR) is 55.0 cm³/mol. The summed E-state index contributed by atoms with van der Waals surface area (Å²) < 4.78 is 21.0. The van der Waals surface area contributed by atoms with Crippen molar-refractivity contribution in [3.63, 3.8) is 0 Å². The fourth-order valence-corrected chi connectivity index (χ4v) is 1.29. The first-order valence-electron chi connectivity index (χ1n) is 3.37. The smallest absolute Gasteiger partial charge is 0.206 e. The quantitative estimate of drug-likeness (QED) is 0.741. The zero-order chi connectivity index (χ0) is 9.90. The van der Waals surface area contributed by atoms with Crippen LogP contribution in [0.2, 0.25) is 0 Å². The van der Waals surface area contributed by atoms with Crippen molar-refractivity contribution in [3.8, 4) is 0 Å². The molecule has 1 rings (SSSR count). The summed E-state index contributed by atoms with van der Waals surface area (Å²) in [6, 6.07) is 8.82. The van der Waals surface area contributed by atoms with Crippen LogP contribution >= 0.6 is 22.3 Å². The highest BCUT2D eigenvalue weighted by atomic mass is 35.7. The Morgan fingerprint density at radius 2 is 1.77 bits per heavy atom. The highest BCUT2D eigenvalue weighted by molar-refractivity contribution is 8.18. The molecule has 2 nitrogen and oxygen atoms in total. The van der Waals surface area contributed by atoms with Crippen molar-refractivity contribution in [1.82, 2.24) is 0 Å². The molecule has 0 aliphatic heterocycles.